The van der Waals surface area contributed by atoms with Crippen LogP contribution in [0.3, 0.4) is 0 Å². The van der Waals surface area contributed by atoms with Gasteiger partial charge in [-0.2, -0.15) is 0 Å². The van der Waals surface area contributed by atoms with Crippen LogP contribution in [0.2, 0.25) is 0 Å². The van der Waals surface area contributed by atoms with Crippen LogP contribution in [0.4, 0.5) is 5.69 Å². The predicted molar refractivity (Wildman–Crippen MR) is 122 cm³/mol. The number of nitro groups is 1. The van der Waals surface area contributed by atoms with Gasteiger partial charge in [0, 0.05) is 6.07 Å². The second kappa shape index (κ2) is 11.3. The first-order valence-electron chi connectivity index (χ1n) is 10.1. The number of hydrogen-bond donors (Lipinski definition) is 0. The highest BCUT2D eigenvalue weighted by molar-refractivity contribution is 7.95. The second-order valence-corrected chi connectivity index (χ2v) is 11.5. The van der Waals surface area contributed by atoms with Crippen molar-refractivity contribution in [1.29, 1.82) is 0 Å². The highest BCUT2D eigenvalue weighted by atomic mass is 35.7. The molecule has 0 bridgehead atoms. The average Bonchev–Trinajstić information content (AvgIpc) is 2.83. The minimum atomic E-state index is -4.94. The van der Waals surface area contributed by atoms with Crippen molar-refractivity contribution >= 4 is 28.9 Å². The zero-order valence-corrected chi connectivity index (χ0v) is 19.5. The van der Waals surface area contributed by atoms with Gasteiger partial charge in [-0.05, 0) is 42.5 Å². The van der Waals surface area contributed by atoms with Crippen LogP contribution in [-0.4, -0.2) is 4.92 Å². The van der Waals surface area contributed by atoms with E-state index in [4.69, 9.17) is 18.6 Å². The molecule has 0 heterocycles. The molecule has 0 fully saturated rings. The number of halogens is 1. The van der Waals surface area contributed by atoms with E-state index in [0.29, 0.717) is 6.16 Å². The number of rotatable bonds is 6. The molecule has 0 aliphatic heterocycles. The van der Waals surface area contributed by atoms with Gasteiger partial charge in [0.25, 0.3) is 5.69 Å². The van der Waals surface area contributed by atoms with Gasteiger partial charge in [0.05, 0.1) is 10.5 Å². The monoisotopic (exact) mass is 497 g/mol. The highest BCUT2D eigenvalue weighted by Crippen LogP contribution is 2.58. The Balaban J connectivity index is 0.000000588. The Morgan fingerprint density at radius 1 is 0.588 bits per heavy atom. The van der Waals surface area contributed by atoms with E-state index in [1.165, 1.54) is 15.9 Å². The van der Waals surface area contributed by atoms with Crippen molar-refractivity contribution in [3.63, 3.8) is 0 Å². The van der Waals surface area contributed by atoms with Crippen LogP contribution in [0.25, 0.3) is 0 Å². The molecule has 0 atom stereocenters. The van der Waals surface area contributed by atoms with E-state index in [0.717, 1.165) is 5.56 Å². The second-order valence-electron chi connectivity index (χ2n) is 7.24. The molecule has 0 saturated carbocycles. The van der Waals surface area contributed by atoms with Crippen molar-refractivity contribution in [2.75, 3.05) is 0 Å². The average molecular weight is 498 g/mol. The van der Waals surface area contributed by atoms with E-state index in [2.05, 4.69) is 72.8 Å². The van der Waals surface area contributed by atoms with E-state index >= 15 is 0 Å². The molecule has 0 spiro atoms. The fourth-order valence-corrected chi connectivity index (χ4v) is 8.11. The largest absolute Gasteiger partial charge is 0.276 e. The number of hydrogen-bond acceptors (Lipinski definition) is 6. The SMILES string of the molecule is O=[N+]([O-])c1ccccc1C[P+](c1ccccc1)(c1ccccc1)c1ccccc1.[O-][Cl+3]([O-])([O-])[O-]. The van der Waals surface area contributed by atoms with Gasteiger partial charge in [-0.15, -0.1) is 10.2 Å². The lowest BCUT2D eigenvalue weighted by atomic mass is 10.2. The first-order chi connectivity index (χ1) is 16.2. The van der Waals surface area contributed by atoms with Crippen molar-refractivity contribution in [3.8, 4) is 0 Å². The molecule has 0 radical (unpaired) electrons. The molecule has 4 aromatic carbocycles. The summed E-state index contributed by atoms with van der Waals surface area (Å²) in [6.45, 7) is 0. The van der Waals surface area contributed by atoms with E-state index in [-0.39, 0.29) is 10.6 Å². The fraction of sp³-hybridized carbons (Fsp3) is 0.0400. The molecule has 0 aliphatic rings. The standard InChI is InChI=1S/C25H21NO2P.ClHO4/c27-26(28)25-19-11-10-12-21(25)20-29(22-13-4-1-5-14-22,23-15-6-2-7-16-23)24-17-8-3-9-18-24;2-1(3,4)5/h1-19H,20H2;(H,2,3,4,5)/q+1;/p-1. The lowest BCUT2D eigenvalue weighted by Crippen LogP contribution is -2.68. The summed E-state index contributed by atoms with van der Waals surface area (Å²) in [4.78, 5) is 11.5. The van der Waals surface area contributed by atoms with Crippen LogP contribution in [-0.2, 0) is 6.16 Å². The Morgan fingerprint density at radius 2 is 0.912 bits per heavy atom. The summed E-state index contributed by atoms with van der Waals surface area (Å²) in [5.74, 6) is 0. The zero-order chi connectivity index (χ0) is 24.6. The van der Waals surface area contributed by atoms with Crippen LogP contribution < -0.4 is 34.5 Å². The Bertz CT molecular complexity index is 1100. The molecule has 4 aromatic rings. The minimum absolute atomic E-state index is 0.180. The fourth-order valence-electron chi connectivity index (χ4n) is 3.85. The van der Waals surface area contributed by atoms with Crippen molar-refractivity contribution in [2.45, 2.75) is 6.16 Å². The van der Waals surface area contributed by atoms with Crippen LogP contribution in [0.5, 0.6) is 0 Å². The Labute approximate surface area is 199 Å². The Hall–Kier alpha value is -3.16. The molecule has 174 valence electrons. The van der Waals surface area contributed by atoms with Gasteiger partial charge < -0.3 is 0 Å². The lowest BCUT2D eigenvalue weighted by Gasteiger charge is -2.27. The van der Waals surface area contributed by atoms with Crippen molar-refractivity contribution in [2.24, 2.45) is 0 Å². The molecule has 0 aromatic heterocycles. The van der Waals surface area contributed by atoms with E-state index in [9.17, 15) is 10.1 Å². The van der Waals surface area contributed by atoms with Gasteiger partial charge in [-0.1, -0.05) is 66.7 Å². The molecule has 34 heavy (non-hydrogen) atoms. The van der Waals surface area contributed by atoms with Crippen LogP contribution in [0.15, 0.2) is 115 Å². The third kappa shape index (κ3) is 6.46. The molecule has 0 N–H and O–H groups in total. The number of nitro benzene ring substituents is 1. The van der Waals surface area contributed by atoms with Crippen molar-refractivity contribution < 1.29 is 33.8 Å². The first kappa shape index (κ1) is 25.5. The third-order valence-electron chi connectivity index (χ3n) is 5.19. The molecule has 0 saturated heterocycles. The summed E-state index contributed by atoms with van der Waals surface area (Å²) in [5, 5.41) is 15.4. The zero-order valence-electron chi connectivity index (χ0n) is 17.9. The van der Waals surface area contributed by atoms with Gasteiger partial charge in [-0.25, -0.2) is 18.6 Å². The van der Waals surface area contributed by atoms with Crippen LogP contribution in [0, 0.1) is 20.4 Å². The van der Waals surface area contributed by atoms with E-state index in [1.807, 2.05) is 30.3 Å². The molecule has 7 nitrogen and oxygen atoms in total. The summed E-state index contributed by atoms with van der Waals surface area (Å²) < 4.78 is 34.0. The maximum Gasteiger partial charge on any atom is 0.276 e. The molecular formula is C25H21ClNO6P. The van der Waals surface area contributed by atoms with Gasteiger partial charge in [-0.3, -0.25) is 10.1 Å². The van der Waals surface area contributed by atoms with Crippen molar-refractivity contribution in [1.82, 2.24) is 0 Å². The molecule has 0 amide bonds. The summed E-state index contributed by atoms with van der Waals surface area (Å²) in [6.07, 6.45) is 0.599. The van der Waals surface area contributed by atoms with Crippen LogP contribution in [0.1, 0.15) is 5.56 Å². The predicted octanol–water partition coefficient (Wildman–Crippen LogP) is 0.333. The molecule has 4 rings (SSSR count). The quantitative estimate of drug-likeness (QED) is 0.214. The Kier molecular flexibility index (Phi) is 8.47. The topological polar surface area (TPSA) is 135 Å². The smallest absolute Gasteiger partial charge is 0.258 e. The summed E-state index contributed by atoms with van der Waals surface area (Å²) >= 11 is 0. The maximum absolute atomic E-state index is 11.7. The normalized spacial score (nSPS) is 11.3. The summed E-state index contributed by atoms with van der Waals surface area (Å²) in [5.41, 5.74) is 0.946. The number of benzene rings is 4. The Morgan fingerprint density at radius 3 is 1.26 bits per heavy atom. The maximum atomic E-state index is 11.7. The van der Waals surface area contributed by atoms with E-state index < -0.39 is 17.5 Å². The number of nitrogens with zero attached hydrogens (tertiary/aromatic N) is 1. The lowest BCUT2D eigenvalue weighted by molar-refractivity contribution is -2.00. The molecule has 0 unspecified atom stereocenters. The van der Waals surface area contributed by atoms with Gasteiger partial charge in [0.1, 0.15) is 29.3 Å². The van der Waals surface area contributed by atoms with Gasteiger partial charge >= 0.3 is 0 Å². The third-order valence-corrected chi connectivity index (χ3v) is 9.54. The van der Waals surface area contributed by atoms with Gasteiger partial charge in [0.2, 0.25) is 0 Å². The minimum Gasteiger partial charge on any atom is -0.258 e. The molecular weight excluding hydrogens is 477 g/mol. The molecule has 9 heteroatoms. The first-order valence-corrected chi connectivity index (χ1v) is 13.3. The van der Waals surface area contributed by atoms with E-state index in [1.54, 1.807) is 12.1 Å². The van der Waals surface area contributed by atoms with Gasteiger partial charge in [0.15, 0.2) is 0 Å². The number of para-hydroxylation sites is 1. The van der Waals surface area contributed by atoms with Crippen molar-refractivity contribution in [3.05, 3.63) is 131 Å². The summed E-state index contributed by atoms with van der Waals surface area (Å²) in [7, 11) is -7.09. The summed E-state index contributed by atoms with van der Waals surface area (Å²) in [6, 6.07) is 38.4. The van der Waals surface area contributed by atoms with Crippen LogP contribution >= 0.6 is 7.26 Å². The molecule has 0 aliphatic carbocycles. The highest BCUT2D eigenvalue weighted by Gasteiger charge is 2.46.